The van der Waals surface area contributed by atoms with Crippen molar-refractivity contribution in [3.8, 4) is 10.6 Å². The lowest BCUT2D eigenvalue weighted by atomic mass is 10.2. The molecule has 0 amide bonds. The van der Waals surface area contributed by atoms with Gasteiger partial charge in [0, 0.05) is 23.2 Å². The Kier molecular flexibility index (Phi) is 4.26. The average Bonchev–Trinajstić information content (AvgIpc) is 3.14. The third-order valence-electron chi connectivity index (χ3n) is 2.79. The highest BCUT2D eigenvalue weighted by atomic mass is 32.2. The van der Waals surface area contributed by atoms with Crippen LogP contribution in [0, 0.1) is 5.82 Å². The van der Waals surface area contributed by atoms with E-state index in [0.717, 1.165) is 28.0 Å². The standard InChI is InChI=1S/C13H12FN5S2/c1-2-19-13(16-17-18-19)21-8-11-7-20-12(15-11)9-3-5-10(14)6-4-9/h3-7H,2,8H2,1H3. The first kappa shape index (κ1) is 14.2. The van der Waals surface area contributed by atoms with Crippen molar-refractivity contribution in [2.75, 3.05) is 0 Å². The zero-order valence-corrected chi connectivity index (χ0v) is 12.9. The summed E-state index contributed by atoms with van der Waals surface area (Å²) >= 11 is 3.10. The van der Waals surface area contributed by atoms with Crippen molar-refractivity contribution < 1.29 is 4.39 Å². The zero-order valence-electron chi connectivity index (χ0n) is 11.2. The number of tetrazole rings is 1. The fourth-order valence-corrected chi connectivity index (χ4v) is 3.50. The van der Waals surface area contributed by atoms with Gasteiger partial charge in [-0.2, -0.15) is 0 Å². The van der Waals surface area contributed by atoms with Gasteiger partial charge < -0.3 is 0 Å². The van der Waals surface area contributed by atoms with E-state index in [2.05, 4.69) is 20.5 Å². The van der Waals surface area contributed by atoms with Crippen molar-refractivity contribution in [1.29, 1.82) is 0 Å². The second kappa shape index (κ2) is 6.31. The maximum atomic E-state index is 12.9. The molecule has 0 saturated carbocycles. The molecule has 0 aliphatic rings. The Labute approximate surface area is 129 Å². The number of hydrogen-bond donors (Lipinski definition) is 0. The molecule has 108 valence electrons. The number of rotatable bonds is 5. The van der Waals surface area contributed by atoms with Gasteiger partial charge in [-0.15, -0.1) is 16.4 Å². The number of aryl methyl sites for hydroxylation is 1. The smallest absolute Gasteiger partial charge is 0.209 e. The quantitative estimate of drug-likeness (QED) is 0.675. The SMILES string of the molecule is CCn1nnnc1SCc1csc(-c2ccc(F)cc2)n1. The van der Waals surface area contributed by atoms with Gasteiger partial charge in [0.25, 0.3) is 0 Å². The molecule has 21 heavy (non-hydrogen) atoms. The summed E-state index contributed by atoms with van der Waals surface area (Å²) in [7, 11) is 0. The van der Waals surface area contributed by atoms with E-state index in [9.17, 15) is 4.39 Å². The summed E-state index contributed by atoms with van der Waals surface area (Å²) in [5, 5.41) is 15.2. The van der Waals surface area contributed by atoms with Crippen LogP contribution in [0.3, 0.4) is 0 Å². The lowest BCUT2D eigenvalue weighted by Gasteiger charge is -1.99. The fraction of sp³-hybridized carbons (Fsp3) is 0.231. The molecule has 0 atom stereocenters. The predicted molar refractivity (Wildman–Crippen MR) is 80.6 cm³/mol. The molecular weight excluding hydrogens is 309 g/mol. The van der Waals surface area contributed by atoms with E-state index in [-0.39, 0.29) is 5.82 Å². The van der Waals surface area contributed by atoms with Crippen LogP contribution >= 0.6 is 23.1 Å². The Morgan fingerprint density at radius 3 is 2.86 bits per heavy atom. The second-order valence-corrected chi connectivity index (χ2v) is 6.02. The minimum atomic E-state index is -0.238. The van der Waals surface area contributed by atoms with Crippen LogP contribution < -0.4 is 0 Å². The first-order chi connectivity index (χ1) is 10.3. The van der Waals surface area contributed by atoms with Crippen LogP contribution in [0.1, 0.15) is 12.6 Å². The summed E-state index contributed by atoms with van der Waals surface area (Å²) < 4.78 is 14.7. The van der Waals surface area contributed by atoms with Crippen molar-refractivity contribution in [3.05, 3.63) is 41.2 Å². The number of thiazole rings is 1. The molecule has 0 radical (unpaired) electrons. The second-order valence-electron chi connectivity index (χ2n) is 4.22. The van der Waals surface area contributed by atoms with Crippen molar-refractivity contribution in [3.63, 3.8) is 0 Å². The topological polar surface area (TPSA) is 56.5 Å². The van der Waals surface area contributed by atoms with E-state index in [1.807, 2.05) is 12.3 Å². The lowest BCUT2D eigenvalue weighted by molar-refractivity contribution is 0.581. The van der Waals surface area contributed by atoms with Gasteiger partial charge in [-0.3, -0.25) is 0 Å². The molecule has 0 N–H and O–H groups in total. The molecule has 0 spiro atoms. The van der Waals surface area contributed by atoms with Crippen LogP contribution in [0.4, 0.5) is 4.39 Å². The molecule has 2 aromatic heterocycles. The van der Waals surface area contributed by atoms with Gasteiger partial charge >= 0.3 is 0 Å². The molecule has 0 fully saturated rings. The van der Waals surface area contributed by atoms with Gasteiger partial charge in [0.1, 0.15) is 10.8 Å². The molecule has 0 bridgehead atoms. The first-order valence-electron chi connectivity index (χ1n) is 6.35. The Hall–Kier alpha value is -1.80. The summed E-state index contributed by atoms with van der Waals surface area (Å²) in [5.41, 5.74) is 1.89. The monoisotopic (exact) mass is 321 g/mol. The Morgan fingerprint density at radius 2 is 2.10 bits per heavy atom. The number of halogens is 1. The summed E-state index contributed by atoms with van der Waals surface area (Å²) in [4.78, 5) is 4.56. The molecule has 0 aliphatic heterocycles. The largest absolute Gasteiger partial charge is 0.240 e. The van der Waals surface area contributed by atoms with Crippen molar-refractivity contribution in [2.24, 2.45) is 0 Å². The molecule has 8 heteroatoms. The highest BCUT2D eigenvalue weighted by molar-refractivity contribution is 7.98. The summed E-state index contributed by atoms with van der Waals surface area (Å²) in [5.74, 6) is 0.468. The van der Waals surface area contributed by atoms with Crippen LogP contribution in [-0.2, 0) is 12.3 Å². The highest BCUT2D eigenvalue weighted by Crippen LogP contribution is 2.27. The van der Waals surface area contributed by atoms with Gasteiger partial charge in [0.2, 0.25) is 5.16 Å². The molecule has 3 aromatic rings. The number of nitrogens with zero attached hydrogens (tertiary/aromatic N) is 5. The van der Waals surface area contributed by atoms with E-state index < -0.39 is 0 Å². The first-order valence-corrected chi connectivity index (χ1v) is 8.22. The van der Waals surface area contributed by atoms with E-state index in [4.69, 9.17) is 0 Å². The molecular formula is C13H12FN5S2. The van der Waals surface area contributed by atoms with Crippen LogP contribution in [0.2, 0.25) is 0 Å². The fourth-order valence-electron chi connectivity index (χ4n) is 1.74. The Bertz CT molecular complexity index is 722. The van der Waals surface area contributed by atoms with Crippen LogP contribution in [0.5, 0.6) is 0 Å². The van der Waals surface area contributed by atoms with Crippen molar-refractivity contribution >= 4 is 23.1 Å². The van der Waals surface area contributed by atoms with Gasteiger partial charge in [-0.1, -0.05) is 11.8 Å². The van der Waals surface area contributed by atoms with Crippen LogP contribution in [0.15, 0.2) is 34.8 Å². The number of hydrogen-bond acceptors (Lipinski definition) is 6. The Morgan fingerprint density at radius 1 is 1.29 bits per heavy atom. The molecule has 1 aromatic carbocycles. The minimum absolute atomic E-state index is 0.238. The number of aromatic nitrogens is 5. The molecule has 0 unspecified atom stereocenters. The molecule has 0 saturated heterocycles. The Balaban J connectivity index is 1.69. The van der Waals surface area contributed by atoms with Gasteiger partial charge in [0.05, 0.1) is 5.69 Å². The maximum absolute atomic E-state index is 12.9. The predicted octanol–water partition coefficient (Wildman–Crippen LogP) is 3.25. The van der Waals surface area contributed by atoms with Gasteiger partial charge in [0.15, 0.2) is 0 Å². The molecule has 5 nitrogen and oxygen atoms in total. The molecule has 0 aliphatic carbocycles. The van der Waals surface area contributed by atoms with E-state index in [1.54, 1.807) is 39.9 Å². The van der Waals surface area contributed by atoms with E-state index >= 15 is 0 Å². The summed E-state index contributed by atoms with van der Waals surface area (Å²) in [6.07, 6.45) is 0. The summed E-state index contributed by atoms with van der Waals surface area (Å²) in [6, 6.07) is 6.37. The summed E-state index contributed by atoms with van der Waals surface area (Å²) in [6.45, 7) is 2.74. The van der Waals surface area contributed by atoms with Crippen molar-refractivity contribution in [2.45, 2.75) is 24.4 Å². The lowest BCUT2D eigenvalue weighted by Crippen LogP contribution is -1.98. The van der Waals surface area contributed by atoms with Crippen LogP contribution in [-0.4, -0.2) is 25.2 Å². The maximum Gasteiger partial charge on any atom is 0.209 e. The van der Waals surface area contributed by atoms with E-state index in [1.165, 1.54) is 12.1 Å². The zero-order chi connectivity index (χ0) is 14.7. The van der Waals surface area contributed by atoms with Gasteiger partial charge in [-0.05, 0) is 41.6 Å². The normalized spacial score (nSPS) is 11.0. The highest BCUT2D eigenvalue weighted by Gasteiger charge is 2.09. The third-order valence-corrected chi connectivity index (χ3v) is 4.72. The number of thioether (sulfide) groups is 1. The molecule has 3 rings (SSSR count). The van der Waals surface area contributed by atoms with Crippen LogP contribution in [0.25, 0.3) is 10.6 Å². The molecule has 2 heterocycles. The van der Waals surface area contributed by atoms with Gasteiger partial charge in [-0.25, -0.2) is 14.1 Å². The third kappa shape index (κ3) is 3.27. The minimum Gasteiger partial charge on any atom is -0.240 e. The average molecular weight is 321 g/mol. The van der Waals surface area contributed by atoms with Crippen molar-refractivity contribution in [1.82, 2.24) is 25.2 Å². The van der Waals surface area contributed by atoms with E-state index in [0.29, 0.717) is 5.75 Å². The number of benzene rings is 1.